The van der Waals surface area contributed by atoms with Crippen LogP contribution >= 0.6 is 0 Å². The van der Waals surface area contributed by atoms with Crippen molar-refractivity contribution in [2.75, 3.05) is 6.54 Å². The summed E-state index contributed by atoms with van der Waals surface area (Å²) in [6.45, 7) is 8.28. The Kier molecular flexibility index (Phi) is 4.34. The fourth-order valence-electron chi connectivity index (χ4n) is 3.20. The zero-order valence-corrected chi connectivity index (χ0v) is 15.3. The van der Waals surface area contributed by atoms with Gasteiger partial charge < -0.3 is 20.1 Å². The van der Waals surface area contributed by atoms with Gasteiger partial charge in [-0.1, -0.05) is 30.3 Å². The minimum absolute atomic E-state index is 0.283. The molecule has 0 unspecified atom stereocenters. The highest BCUT2D eigenvalue weighted by molar-refractivity contribution is 6.55. The lowest BCUT2D eigenvalue weighted by atomic mass is 9.76. The van der Waals surface area contributed by atoms with Crippen LogP contribution in [0.25, 0.3) is 6.08 Å². The van der Waals surface area contributed by atoms with E-state index < -0.39 is 29.7 Å². The van der Waals surface area contributed by atoms with E-state index in [1.54, 1.807) is 0 Å². The Morgan fingerprint density at radius 1 is 1.20 bits per heavy atom. The van der Waals surface area contributed by atoms with E-state index in [4.69, 9.17) is 15.0 Å². The van der Waals surface area contributed by atoms with Crippen LogP contribution in [0.3, 0.4) is 0 Å². The van der Waals surface area contributed by atoms with E-state index in [0.29, 0.717) is 12.8 Å². The third kappa shape index (κ3) is 3.03. The molecule has 1 aromatic rings. The molecule has 1 aliphatic carbocycles. The SMILES string of the molecule is CC1(C)OB(C(=Cc2ccccc2C2(C(=O)O)CC2)CN)OC1(C)C. The highest BCUT2D eigenvalue weighted by Gasteiger charge is 2.54. The second-order valence-electron chi connectivity index (χ2n) is 7.99. The fraction of sp³-hybridized carbons (Fsp3) is 0.526. The van der Waals surface area contributed by atoms with E-state index in [1.807, 2.05) is 58.0 Å². The van der Waals surface area contributed by atoms with Crippen molar-refractivity contribution in [2.45, 2.75) is 57.2 Å². The van der Waals surface area contributed by atoms with Crippen LogP contribution in [0.15, 0.2) is 29.7 Å². The van der Waals surface area contributed by atoms with Gasteiger partial charge in [-0.15, -0.1) is 0 Å². The normalized spacial score (nSPS) is 23.6. The molecule has 1 saturated heterocycles. The average Bonchev–Trinajstić information content (AvgIpc) is 3.29. The summed E-state index contributed by atoms with van der Waals surface area (Å²) < 4.78 is 12.2. The van der Waals surface area contributed by atoms with Gasteiger partial charge in [0, 0.05) is 6.54 Å². The van der Waals surface area contributed by atoms with Crippen LogP contribution < -0.4 is 5.73 Å². The Morgan fingerprint density at radius 3 is 2.24 bits per heavy atom. The van der Waals surface area contributed by atoms with Crippen molar-refractivity contribution >= 4 is 19.2 Å². The molecule has 6 heteroatoms. The van der Waals surface area contributed by atoms with Crippen molar-refractivity contribution in [3.05, 3.63) is 40.9 Å². The van der Waals surface area contributed by atoms with Crippen molar-refractivity contribution in [1.82, 2.24) is 0 Å². The highest BCUT2D eigenvalue weighted by Crippen LogP contribution is 2.50. The maximum absolute atomic E-state index is 11.7. The van der Waals surface area contributed by atoms with Crippen LogP contribution in [0.5, 0.6) is 0 Å². The topological polar surface area (TPSA) is 81.8 Å². The molecule has 25 heavy (non-hydrogen) atoms. The number of hydrogen-bond donors (Lipinski definition) is 2. The number of benzene rings is 1. The third-order valence-corrected chi connectivity index (χ3v) is 5.77. The Balaban J connectivity index is 1.96. The van der Waals surface area contributed by atoms with Gasteiger partial charge >= 0.3 is 13.1 Å². The van der Waals surface area contributed by atoms with Gasteiger partial charge in [0.25, 0.3) is 0 Å². The third-order valence-electron chi connectivity index (χ3n) is 5.77. The van der Waals surface area contributed by atoms with Crippen molar-refractivity contribution in [1.29, 1.82) is 0 Å². The summed E-state index contributed by atoms with van der Waals surface area (Å²) in [7, 11) is -0.525. The monoisotopic (exact) mass is 343 g/mol. The predicted octanol–water partition coefficient (Wildman–Crippen LogP) is 2.78. The molecular formula is C19H26BNO4. The number of hydrogen-bond acceptors (Lipinski definition) is 4. The van der Waals surface area contributed by atoms with Gasteiger partial charge in [-0.2, -0.15) is 0 Å². The van der Waals surface area contributed by atoms with Crippen molar-refractivity contribution < 1.29 is 19.2 Å². The van der Waals surface area contributed by atoms with E-state index in [0.717, 1.165) is 16.6 Å². The van der Waals surface area contributed by atoms with Crippen molar-refractivity contribution in [3.8, 4) is 0 Å². The van der Waals surface area contributed by atoms with E-state index in [9.17, 15) is 9.90 Å². The molecule has 0 amide bonds. The molecule has 0 atom stereocenters. The molecule has 3 rings (SSSR count). The van der Waals surface area contributed by atoms with E-state index in [2.05, 4.69) is 0 Å². The minimum Gasteiger partial charge on any atom is -0.481 e. The standard InChI is InChI=1S/C19H26BNO4/c1-17(2)18(3,4)25-20(24-17)14(12-21)11-13-7-5-6-8-15(13)19(9-10-19)16(22)23/h5-8,11H,9-10,12,21H2,1-4H3,(H,22,23). The molecular weight excluding hydrogens is 317 g/mol. The summed E-state index contributed by atoms with van der Waals surface area (Å²) in [4.78, 5) is 11.7. The zero-order valence-electron chi connectivity index (χ0n) is 15.3. The molecule has 2 aliphatic rings. The zero-order chi connectivity index (χ0) is 18.5. The molecule has 0 spiro atoms. The molecule has 0 aromatic heterocycles. The molecule has 2 fully saturated rings. The van der Waals surface area contributed by atoms with Crippen LogP contribution in [0.2, 0.25) is 0 Å². The summed E-state index contributed by atoms with van der Waals surface area (Å²) in [5.74, 6) is -0.765. The Bertz CT molecular complexity index is 706. The van der Waals surface area contributed by atoms with Crippen LogP contribution in [-0.4, -0.2) is 35.9 Å². The minimum atomic E-state index is -0.765. The van der Waals surface area contributed by atoms with E-state index in [-0.39, 0.29) is 6.54 Å². The maximum atomic E-state index is 11.7. The number of carbonyl (C=O) groups is 1. The summed E-state index contributed by atoms with van der Waals surface area (Å²) in [5, 5.41) is 9.63. The quantitative estimate of drug-likeness (QED) is 0.804. The number of carboxylic acids is 1. The number of rotatable bonds is 5. The summed E-state index contributed by atoms with van der Waals surface area (Å²) in [6.07, 6.45) is 3.27. The number of carboxylic acid groups (broad SMARTS) is 1. The number of nitrogens with two attached hydrogens (primary N) is 1. The Hall–Kier alpha value is -1.63. The Labute approximate surface area is 149 Å². The first-order valence-electron chi connectivity index (χ1n) is 8.72. The largest absolute Gasteiger partial charge is 0.491 e. The van der Waals surface area contributed by atoms with Gasteiger partial charge in [0.15, 0.2) is 0 Å². The van der Waals surface area contributed by atoms with Gasteiger partial charge in [-0.3, -0.25) is 4.79 Å². The van der Waals surface area contributed by atoms with Crippen molar-refractivity contribution in [2.24, 2.45) is 5.73 Å². The molecule has 1 aliphatic heterocycles. The van der Waals surface area contributed by atoms with Gasteiger partial charge in [-0.25, -0.2) is 0 Å². The van der Waals surface area contributed by atoms with Gasteiger partial charge in [-0.05, 0) is 57.1 Å². The van der Waals surface area contributed by atoms with Crippen LogP contribution in [0, 0.1) is 0 Å². The smallest absolute Gasteiger partial charge is 0.481 e. The highest BCUT2D eigenvalue weighted by atomic mass is 16.7. The Morgan fingerprint density at radius 2 is 1.76 bits per heavy atom. The lowest BCUT2D eigenvalue weighted by molar-refractivity contribution is -0.140. The molecule has 1 aromatic carbocycles. The van der Waals surface area contributed by atoms with Crippen LogP contribution in [0.4, 0.5) is 0 Å². The fourth-order valence-corrected chi connectivity index (χ4v) is 3.20. The molecule has 5 nitrogen and oxygen atoms in total. The van der Waals surface area contributed by atoms with Crippen LogP contribution in [0.1, 0.15) is 51.7 Å². The van der Waals surface area contributed by atoms with Gasteiger partial charge in [0.05, 0.1) is 16.6 Å². The molecule has 0 radical (unpaired) electrons. The first kappa shape index (κ1) is 18.2. The molecule has 134 valence electrons. The summed E-state index contributed by atoms with van der Waals surface area (Å²) in [6, 6.07) is 7.61. The molecule has 1 heterocycles. The molecule has 1 saturated carbocycles. The van der Waals surface area contributed by atoms with Crippen molar-refractivity contribution in [3.63, 3.8) is 0 Å². The van der Waals surface area contributed by atoms with E-state index >= 15 is 0 Å². The maximum Gasteiger partial charge on any atom is 0.491 e. The molecule has 3 N–H and O–H groups in total. The van der Waals surface area contributed by atoms with Gasteiger partial charge in [0.1, 0.15) is 0 Å². The summed E-state index contributed by atoms with van der Waals surface area (Å²) >= 11 is 0. The second-order valence-corrected chi connectivity index (χ2v) is 7.99. The van der Waals surface area contributed by atoms with Crippen LogP contribution in [-0.2, 0) is 19.5 Å². The number of aliphatic carboxylic acids is 1. The second kappa shape index (κ2) is 5.97. The van der Waals surface area contributed by atoms with E-state index in [1.165, 1.54) is 0 Å². The first-order valence-corrected chi connectivity index (χ1v) is 8.72. The molecule has 0 bridgehead atoms. The van der Waals surface area contributed by atoms with Gasteiger partial charge in [0.2, 0.25) is 0 Å². The first-order chi connectivity index (χ1) is 11.6. The summed E-state index contributed by atoms with van der Waals surface area (Å²) in [5.41, 5.74) is 6.85. The lowest BCUT2D eigenvalue weighted by Crippen LogP contribution is -2.41. The predicted molar refractivity (Wildman–Crippen MR) is 98.1 cm³/mol. The lowest BCUT2D eigenvalue weighted by Gasteiger charge is -2.32. The average molecular weight is 343 g/mol.